The molecule has 2 heterocycles. The summed E-state index contributed by atoms with van der Waals surface area (Å²) in [5, 5.41) is 11.3. The second-order valence-corrected chi connectivity index (χ2v) is 8.91. The summed E-state index contributed by atoms with van der Waals surface area (Å²) in [7, 11) is -3.94. The van der Waals surface area contributed by atoms with Crippen LogP contribution in [0.15, 0.2) is 69.0 Å². The molecule has 4 rings (SSSR count). The summed E-state index contributed by atoms with van der Waals surface area (Å²) in [5.74, 6) is 0.359. The lowest BCUT2D eigenvalue weighted by Gasteiger charge is -2.12. The van der Waals surface area contributed by atoms with E-state index < -0.39 is 15.7 Å². The molecule has 0 aliphatic rings. The topological polar surface area (TPSA) is 87.7 Å². The fourth-order valence-corrected chi connectivity index (χ4v) is 4.49. The molecule has 6 nitrogen and oxygen atoms in total. The summed E-state index contributed by atoms with van der Waals surface area (Å²) >= 11 is 3.47. The van der Waals surface area contributed by atoms with Gasteiger partial charge in [-0.15, -0.1) is 0 Å². The third kappa shape index (κ3) is 3.38. The van der Waals surface area contributed by atoms with Crippen LogP contribution in [-0.4, -0.2) is 23.6 Å². The number of aromatic amines is 1. The summed E-state index contributed by atoms with van der Waals surface area (Å²) < 4.78 is 40.1. The van der Waals surface area contributed by atoms with Crippen LogP contribution in [0, 0.1) is 12.7 Å². The smallest absolute Gasteiger partial charge is 0.223 e. The zero-order chi connectivity index (χ0) is 19.9. The second kappa shape index (κ2) is 6.99. The summed E-state index contributed by atoms with van der Waals surface area (Å²) in [6.45, 7) is 1.86. The van der Waals surface area contributed by atoms with Crippen LogP contribution in [0.5, 0.6) is 0 Å². The van der Waals surface area contributed by atoms with Crippen molar-refractivity contribution in [3.63, 3.8) is 0 Å². The number of hydrogen-bond donors (Lipinski definition) is 2. The minimum Gasteiger partial charge on any atom is -0.323 e. The first-order valence-electron chi connectivity index (χ1n) is 8.23. The number of hydrogen-bond acceptors (Lipinski definition) is 5. The van der Waals surface area contributed by atoms with Crippen molar-refractivity contribution >= 4 is 48.2 Å². The summed E-state index contributed by atoms with van der Waals surface area (Å²) in [5.41, 5.74) is 0.850. The molecule has 0 aliphatic carbocycles. The standard InChI is InChI=1S/C19H14BrFN4O2S/c1-11-9-17(25-24-11)22-19-14-3-2-4-16(20)15(14)10-18(23-19)28(26,27)13-7-5-12(21)6-8-13/h2-10H,1H3,(H2,22,23,24,25). The molecule has 0 atom stereocenters. The van der Waals surface area contributed by atoms with E-state index in [4.69, 9.17) is 0 Å². The molecule has 0 saturated carbocycles. The molecule has 2 aromatic heterocycles. The molecular formula is C19H14BrFN4O2S. The molecule has 2 N–H and O–H groups in total. The molecule has 0 amide bonds. The Balaban J connectivity index is 1.91. The van der Waals surface area contributed by atoms with Crippen LogP contribution in [0.1, 0.15) is 5.69 Å². The van der Waals surface area contributed by atoms with Gasteiger partial charge < -0.3 is 5.32 Å². The Bertz CT molecular complexity index is 1290. The molecule has 0 saturated heterocycles. The predicted molar refractivity (Wildman–Crippen MR) is 108 cm³/mol. The third-order valence-electron chi connectivity index (χ3n) is 4.15. The number of halogens is 2. The van der Waals surface area contributed by atoms with Gasteiger partial charge in [-0.05, 0) is 43.3 Å². The highest BCUT2D eigenvalue weighted by Gasteiger charge is 2.22. The number of nitrogens with one attached hydrogen (secondary N) is 2. The first kappa shape index (κ1) is 18.6. The summed E-state index contributed by atoms with van der Waals surface area (Å²) in [6.07, 6.45) is 0. The van der Waals surface area contributed by atoms with Crippen molar-refractivity contribution < 1.29 is 12.8 Å². The SMILES string of the molecule is Cc1cc(Nc2nc(S(=O)(=O)c3ccc(F)cc3)cc3c(Br)cccc23)n[nH]1. The van der Waals surface area contributed by atoms with Crippen molar-refractivity contribution in [3.8, 4) is 0 Å². The Morgan fingerprint density at radius 2 is 1.82 bits per heavy atom. The fraction of sp³-hybridized carbons (Fsp3) is 0.0526. The second-order valence-electron chi connectivity index (χ2n) is 6.16. The minimum atomic E-state index is -3.94. The highest BCUT2D eigenvalue weighted by atomic mass is 79.9. The molecule has 0 aliphatic heterocycles. The molecule has 0 fully saturated rings. The van der Waals surface area contributed by atoms with E-state index >= 15 is 0 Å². The van der Waals surface area contributed by atoms with E-state index in [0.29, 0.717) is 17.0 Å². The minimum absolute atomic E-state index is 0.0330. The van der Waals surface area contributed by atoms with Gasteiger partial charge in [-0.1, -0.05) is 28.1 Å². The van der Waals surface area contributed by atoms with Crippen molar-refractivity contribution in [1.82, 2.24) is 15.2 Å². The molecule has 0 radical (unpaired) electrons. The van der Waals surface area contributed by atoms with Crippen molar-refractivity contribution in [3.05, 3.63) is 70.6 Å². The number of anilines is 2. The first-order chi connectivity index (χ1) is 13.3. The van der Waals surface area contributed by atoms with Crippen LogP contribution >= 0.6 is 15.9 Å². The maximum atomic E-state index is 13.2. The number of pyridine rings is 1. The lowest BCUT2D eigenvalue weighted by atomic mass is 10.1. The van der Waals surface area contributed by atoms with Crippen molar-refractivity contribution in [1.29, 1.82) is 0 Å². The molecular weight excluding hydrogens is 447 g/mol. The first-order valence-corrected chi connectivity index (χ1v) is 10.5. The van der Waals surface area contributed by atoms with Gasteiger partial charge in [0.25, 0.3) is 0 Å². The Morgan fingerprint density at radius 3 is 2.50 bits per heavy atom. The molecule has 0 spiro atoms. The molecule has 9 heteroatoms. The number of aromatic nitrogens is 3. The van der Waals surface area contributed by atoms with Gasteiger partial charge in [0, 0.05) is 27.0 Å². The van der Waals surface area contributed by atoms with E-state index in [1.165, 1.54) is 18.2 Å². The monoisotopic (exact) mass is 460 g/mol. The van der Waals surface area contributed by atoms with E-state index in [0.717, 1.165) is 27.7 Å². The van der Waals surface area contributed by atoms with Crippen molar-refractivity contribution in [2.24, 2.45) is 0 Å². The van der Waals surface area contributed by atoms with Crippen LogP contribution in [0.2, 0.25) is 0 Å². The maximum absolute atomic E-state index is 13.2. The highest BCUT2D eigenvalue weighted by molar-refractivity contribution is 9.10. The van der Waals surface area contributed by atoms with E-state index in [9.17, 15) is 12.8 Å². The van der Waals surface area contributed by atoms with Gasteiger partial charge in [0.1, 0.15) is 11.6 Å². The third-order valence-corrected chi connectivity index (χ3v) is 6.49. The number of nitrogens with zero attached hydrogens (tertiary/aromatic N) is 2. The molecule has 28 heavy (non-hydrogen) atoms. The highest BCUT2D eigenvalue weighted by Crippen LogP contribution is 2.33. The Morgan fingerprint density at radius 1 is 1.07 bits per heavy atom. The van der Waals surface area contributed by atoms with Crippen LogP contribution in [-0.2, 0) is 9.84 Å². The Labute approximate surface area is 168 Å². The molecule has 0 unspecified atom stereocenters. The van der Waals surface area contributed by atoms with E-state index in [1.54, 1.807) is 6.07 Å². The lowest BCUT2D eigenvalue weighted by molar-refractivity contribution is 0.591. The fourth-order valence-electron chi connectivity index (χ4n) is 2.79. The van der Waals surface area contributed by atoms with Crippen LogP contribution in [0.4, 0.5) is 16.0 Å². The number of sulfone groups is 1. The van der Waals surface area contributed by atoms with E-state index in [2.05, 4.69) is 36.4 Å². The molecule has 2 aromatic carbocycles. The van der Waals surface area contributed by atoms with Gasteiger partial charge in [-0.2, -0.15) is 5.10 Å². The van der Waals surface area contributed by atoms with Gasteiger partial charge in [-0.3, -0.25) is 5.10 Å². The maximum Gasteiger partial charge on any atom is 0.223 e. The van der Waals surface area contributed by atoms with Crippen molar-refractivity contribution in [2.45, 2.75) is 16.8 Å². The Hall–Kier alpha value is -2.78. The number of benzene rings is 2. The predicted octanol–water partition coefficient (Wildman–Crippen LogP) is 4.74. The number of aryl methyl sites for hydroxylation is 1. The zero-order valence-corrected chi connectivity index (χ0v) is 17.0. The average molecular weight is 461 g/mol. The lowest BCUT2D eigenvalue weighted by Crippen LogP contribution is -2.07. The number of rotatable bonds is 4. The van der Waals surface area contributed by atoms with Crippen LogP contribution < -0.4 is 5.32 Å². The Kier molecular flexibility index (Phi) is 4.64. The van der Waals surface area contributed by atoms with Gasteiger partial charge in [0.2, 0.25) is 9.84 Å². The quantitative estimate of drug-likeness (QED) is 0.429. The van der Waals surface area contributed by atoms with E-state index in [-0.39, 0.29) is 9.92 Å². The van der Waals surface area contributed by atoms with Gasteiger partial charge >= 0.3 is 0 Å². The normalized spacial score (nSPS) is 11.7. The van der Waals surface area contributed by atoms with Crippen LogP contribution in [0.3, 0.4) is 0 Å². The molecule has 142 valence electrons. The van der Waals surface area contributed by atoms with Crippen molar-refractivity contribution in [2.75, 3.05) is 5.32 Å². The number of fused-ring (bicyclic) bond motifs is 1. The van der Waals surface area contributed by atoms with Gasteiger partial charge in [-0.25, -0.2) is 17.8 Å². The van der Waals surface area contributed by atoms with Gasteiger partial charge in [0.05, 0.1) is 4.90 Å². The van der Waals surface area contributed by atoms with E-state index in [1.807, 2.05) is 25.1 Å². The number of H-pyrrole nitrogens is 1. The average Bonchev–Trinajstić information content (AvgIpc) is 3.07. The zero-order valence-electron chi connectivity index (χ0n) is 14.6. The molecule has 0 bridgehead atoms. The molecule has 4 aromatic rings. The van der Waals surface area contributed by atoms with Crippen LogP contribution in [0.25, 0.3) is 10.8 Å². The largest absolute Gasteiger partial charge is 0.323 e. The van der Waals surface area contributed by atoms with Gasteiger partial charge in [0.15, 0.2) is 10.8 Å². The summed E-state index contributed by atoms with van der Waals surface area (Å²) in [6, 6.07) is 13.4. The summed E-state index contributed by atoms with van der Waals surface area (Å²) in [4.78, 5) is 4.32.